The van der Waals surface area contributed by atoms with Crippen LogP contribution in [0.15, 0.2) is 22.8 Å². The van der Waals surface area contributed by atoms with Crippen molar-refractivity contribution in [2.24, 2.45) is 5.73 Å². The topological polar surface area (TPSA) is 59.2 Å². The third-order valence-electron chi connectivity index (χ3n) is 2.35. The normalized spacial score (nSPS) is 20.4. The molecule has 0 bridgehead atoms. The molecular formula is C9H10BrN3O. The second kappa shape index (κ2) is 3.57. The summed E-state index contributed by atoms with van der Waals surface area (Å²) in [6.45, 7) is 0.849. The lowest BCUT2D eigenvalue weighted by atomic mass is 10.0. The molecule has 5 heteroatoms. The average Bonchev–Trinajstić information content (AvgIpc) is 2.05. The van der Waals surface area contributed by atoms with E-state index in [1.807, 2.05) is 17.0 Å². The zero-order valence-corrected chi connectivity index (χ0v) is 9.07. The summed E-state index contributed by atoms with van der Waals surface area (Å²) in [5.74, 6) is 0.532. The molecule has 1 unspecified atom stereocenters. The number of hydrogen-bond acceptors (Lipinski definition) is 3. The fraction of sp³-hybridized carbons (Fsp3) is 0.333. The number of carbonyl (C=O) groups excluding carboxylic acids is 1. The Morgan fingerprint density at radius 3 is 2.86 bits per heavy atom. The smallest absolute Gasteiger partial charge is 0.240 e. The molecule has 1 atom stereocenters. The molecule has 2 heterocycles. The number of anilines is 1. The van der Waals surface area contributed by atoms with Gasteiger partial charge in [-0.05, 0) is 34.5 Å². The van der Waals surface area contributed by atoms with E-state index in [9.17, 15) is 4.79 Å². The van der Waals surface area contributed by atoms with Crippen LogP contribution in [0.2, 0.25) is 0 Å². The zero-order valence-electron chi connectivity index (χ0n) is 7.48. The van der Waals surface area contributed by atoms with E-state index in [-0.39, 0.29) is 11.9 Å². The molecule has 2 rings (SSSR count). The second-order valence-corrected chi connectivity index (χ2v) is 4.15. The van der Waals surface area contributed by atoms with Gasteiger partial charge < -0.3 is 10.6 Å². The Balaban J connectivity index is 2.16. The average molecular weight is 256 g/mol. The summed E-state index contributed by atoms with van der Waals surface area (Å²) < 4.78 is 0.928. The summed E-state index contributed by atoms with van der Waals surface area (Å²) in [6.07, 6.45) is 2.54. The van der Waals surface area contributed by atoms with Crippen LogP contribution < -0.4 is 10.6 Å². The van der Waals surface area contributed by atoms with Crippen LogP contribution in [0.5, 0.6) is 0 Å². The molecular weight excluding hydrogens is 246 g/mol. The third-order valence-corrected chi connectivity index (χ3v) is 2.82. The van der Waals surface area contributed by atoms with Crippen molar-refractivity contribution in [3.05, 3.63) is 22.8 Å². The Morgan fingerprint density at radius 1 is 1.64 bits per heavy atom. The highest BCUT2D eigenvalue weighted by atomic mass is 79.9. The highest BCUT2D eigenvalue weighted by molar-refractivity contribution is 9.10. The molecule has 74 valence electrons. The van der Waals surface area contributed by atoms with E-state index in [1.54, 1.807) is 6.20 Å². The lowest BCUT2D eigenvalue weighted by molar-refractivity contribution is -0.120. The van der Waals surface area contributed by atoms with Gasteiger partial charge in [0, 0.05) is 17.2 Å². The highest BCUT2D eigenvalue weighted by Gasteiger charge is 2.33. The molecule has 1 fully saturated rings. The van der Waals surface area contributed by atoms with Crippen LogP contribution in [0.1, 0.15) is 6.42 Å². The van der Waals surface area contributed by atoms with Crippen molar-refractivity contribution in [3.8, 4) is 0 Å². The van der Waals surface area contributed by atoms with Gasteiger partial charge in [0.05, 0.1) is 0 Å². The van der Waals surface area contributed by atoms with Crippen molar-refractivity contribution < 1.29 is 4.79 Å². The van der Waals surface area contributed by atoms with Gasteiger partial charge in [0.2, 0.25) is 5.91 Å². The number of amides is 1. The van der Waals surface area contributed by atoms with Crippen molar-refractivity contribution in [3.63, 3.8) is 0 Å². The molecule has 2 N–H and O–H groups in total. The molecule has 0 saturated carbocycles. The van der Waals surface area contributed by atoms with Crippen molar-refractivity contribution >= 4 is 27.7 Å². The summed E-state index contributed by atoms with van der Waals surface area (Å²) in [6, 6.07) is 3.60. The first-order valence-electron chi connectivity index (χ1n) is 4.36. The van der Waals surface area contributed by atoms with Gasteiger partial charge in [-0.15, -0.1) is 0 Å². The van der Waals surface area contributed by atoms with Crippen LogP contribution in [0.3, 0.4) is 0 Å². The van der Waals surface area contributed by atoms with Crippen LogP contribution in [0, 0.1) is 0 Å². The van der Waals surface area contributed by atoms with Crippen molar-refractivity contribution in [2.75, 3.05) is 11.4 Å². The molecule has 1 aliphatic rings. The minimum atomic E-state index is -0.277. The summed E-state index contributed by atoms with van der Waals surface area (Å²) in [5.41, 5.74) is 5.24. The molecule has 0 aliphatic carbocycles. The van der Waals surface area contributed by atoms with Gasteiger partial charge in [-0.2, -0.15) is 0 Å². The number of hydrogen-bond donors (Lipinski definition) is 1. The summed E-state index contributed by atoms with van der Waals surface area (Å²) in [5, 5.41) is 0. The van der Waals surface area contributed by atoms with Crippen molar-refractivity contribution in [1.82, 2.24) is 4.98 Å². The van der Waals surface area contributed by atoms with E-state index < -0.39 is 0 Å². The van der Waals surface area contributed by atoms with E-state index in [2.05, 4.69) is 20.9 Å². The van der Waals surface area contributed by atoms with Gasteiger partial charge >= 0.3 is 0 Å². The minimum absolute atomic E-state index is 0.177. The number of halogens is 1. The molecule has 1 aromatic heterocycles. The molecule has 1 aromatic rings. The second-order valence-electron chi connectivity index (χ2n) is 3.23. The minimum Gasteiger partial charge on any atom is -0.368 e. The Bertz CT molecular complexity index is 352. The number of primary amides is 1. The summed E-state index contributed by atoms with van der Waals surface area (Å²) in [7, 11) is 0. The molecule has 14 heavy (non-hydrogen) atoms. The SMILES string of the molecule is NC(=O)C1CCN1c1ccc(Br)cn1. The lowest BCUT2D eigenvalue weighted by Gasteiger charge is -2.39. The maximum Gasteiger partial charge on any atom is 0.240 e. The third kappa shape index (κ3) is 1.59. The Kier molecular flexibility index (Phi) is 2.41. The van der Waals surface area contributed by atoms with Crippen LogP contribution in [0.4, 0.5) is 5.82 Å². The molecule has 1 aliphatic heterocycles. The van der Waals surface area contributed by atoms with Gasteiger partial charge in [-0.25, -0.2) is 4.98 Å². The number of rotatable bonds is 2. The Morgan fingerprint density at radius 2 is 2.43 bits per heavy atom. The van der Waals surface area contributed by atoms with E-state index in [1.165, 1.54) is 0 Å². The summed E-state index contributed by atoms with van der Waals surface area (Å²) >= 11 is 3.31. The molecule has 0 spiro atoms. The maximum absolute atomic E-state index is 11.0. The first kappa shape index (κ1) is 9.45. The molecule has 1 amide bonds. The van der Waals surface area contributed by atoms with Crippen LogP contribution in [-0.2, 0) is 4.79 Å². The lowest BCUT2D eigenvalue weighted by Crippen LogP contribution is -2.55. The standard InChI is InChI=1S/C9H10BrN3O/c10-6-1-2-8(12-5-6)13-4-3-7(13)9(11)14/h1-2,5,7H,3-4H2,(H2,11,14). The van der Waals surface area contributed by atoms with Crippen molar-refractivity contribution in [2.45, 2.75) is 12.5 Å². The van der Waals surface area contributed by atoms with E-state index in [0.29, 0.717) is 0 Å². The predicted molar refractivity (Wildman–Crippen MR) is 56.9 cm³/mol. The largest absolute Gasteiger partial charge is 0.368 e. The summed E-state index contributed by atoms with van der Waals surface area (Å²) in [4.78, 5) is 17.1. The van der Waals surface area contributed by atoms with Gasteiger partial charge in [-0.3, -0.25) is 4.79 Å². The Hall–Kier alpha value is -1.10. The number of pyridine rings is 1. The number of nitrogens with zero attached hydrogens (tertiary/aromatic N) is 2. The maximum atomic E-state index is 11.0. The van der Waals surface area contributed by atoms with Gasteiger partial charge in [0.15, 0.2) is 0 Å². The highest BCUT2D eigenvalue weighted by Crippen LogP contribution is 2.24. The predicted octanol–water partition coefficient (Wildman–Crippen LogP) is 0.908. The quantitative estimate of drug-likeness (QED) is 0.855. The van der Waals surface area contributed by atoms with Gasteiger partial charge in [0.25, 0.3) is 0 Å². The fourth-order valence-electron chi connectivity index (χ4n) is 1.50. The first-order valence-corrected chi connectivity index (χ1v) is 5.15. The molecule has 0 radical (unpaired) electrons. The molecule has 0 aromatic carbocycles. The van der Waals surface area contributed by atoms with E-state index >= 15 is 0 Å². The number of aromatic nitrogens is 1. The monoisotopic (exact) mass is 255 g/mol. The van der Waals surface area contributed by atoms with Crippen molar-refractivity contribution in [1.29, 1.82) is 0 Å². The zero-order chi connectivity index (χ0) is 10.1. The van der Waals surface area contributed by atoms with E-state index in [4.69, 9.17) is 5.73 Å². The van der Waals surface area contributed by atoms with Crippen LogP contribution in [0.25, 0.3) is 0 Å². The van der Waals surface area contributed by atoms with Crippen LogP contribution in [-0.4, -0.2) is 23.5 Å². The van der Waals surface area contributed by atoms with Crippen LogP contribution >= 0.6 is 15.9 Å². The fourth-order valence-corrected chi connectivity index (χ4v) is 1.73. The van der Waals surface area contributed by atoms with Gasteiger partial charge in [-0.1, -0.05) is 0 Å². The Labute approximate surface area is 90.2 Å². The van der Waals surface area contributed by atoms with E-state index in [0.717, 1.165) is 23.3 Å². The number of nitrogens with two attached hydrogens (primary N) is 1. The molecule has 4 nitrogen and oxygen atoms in total. The van der Waals surface area contributed by atoms with Gasteiger partial charge in [0.1, 0.15) is 11.9 Å². The number of carbonyl (C=O) groups is 1. The first-order chi connectivity index (χ1) is 6.68. The molecule has 1 saturated heterocycles.